The molecule has 2 aromatic carbocycles. The lowest BCUT2D eigenvalue weighted by molar-refractivity contribution is -0.113. The maximum Gasteiger partial charge on any atom is 0.251 e. The molecule has 34 heavy (non-hydrogen) atoms. The van der Waals surface area contributed by atoms with Gasteiger partial charge in [0.15, 0.2) is 11.0 Å². The van der Waals surface area contributed by atoms with E-state index in [1.54, 1.807) is 49.6 Å². The van der Waals surface area contributed by atoms with Gasteiger partial charge in [-0.3, -0.25) is 9.59 Å². The maximum absolute atomic E-state index is 12.6. The Hall–Kier alpha value is -3.24. The van der Waals surface area contributed by atoms with Gasteiger partial charge in [0.25, 0.3) is 5.91 Å². The molecule has 3 rings (SSSR count). The van der Waals surface area contributed by atoms with Crippen LogP contribution in [0.4, 0.5) is 5.69 Å². The molecule has 2 amide bonds. The number of carbonyl (C=O) groups excluding carboxylic acids is 2. The molecular formula is C23H26ClN5O4S. The summed E-state index contributed by atoms with van der Waals surface area (Å²) in [5.41, 5.74) is 1.01. The average Bonchev–Trinajstić information content (AvgIpc) is 3.26. The van der Waals surface area contributed by atoms with Crippen molar-refractivity contribution < 1.29 is 19.1 Å². The summed E-state index contributed by atoms with van der Waals surface area (Å²) in [7, 11) is 3.09. The van der Waals surface area contributed by atoms with Gasteiger partial charge in [0.2, 0.25) is 5.91 Å². The first-order valence-corrected chi connectivity index (χ1v) is 11.9. The van der Waals surface area contributed by atoms with Crippen LogP contribution < -0.4 is 20.1 Å². The van der Waals surface area contributed by atoms with Crippen LogP contribution >= 0.6 is 23.4 Å². The van der Waals surface area contributed by atoms with Crippen molar-refractivity contribution in [3.63, 3.8) is 0 Å². The van der Waals surface area contributed by atoms with Gasteiger partial charge in [-0.25, -0.2) is 0 Å². The van der Waals surface area contributed by atoms with Crippen LogP contribution in [0.3, 0.4) is 0 Å². The standard InChI is InChI=1S/C23H26ClN5O4S/c1-5-29-21(14(2)25-22(31)15-6-9-17(32-3)10-7-15)27-28-23(29)34-13-20(30)26-18-12-16(24)8-11-19(18)33-4/h6-12,14H,5,13H2,1-4H3,(H,25,31)(H,26,30). The van der Waals surface area contributed by atoms with Gasteiger partial charge in [-0.2, -0.15) is 0 Å². The minimum atomic E-state index is -0.388. The molecule has 1 atom stereocenters. The predicted octanol–water partition coefficient (Wildman–Crippen LogP) is 4.19. The van der Waals surface area contributed by atoms with Crippen LogP contribution in [0.25, 0.3) is 0 Å². The lowest BCUT2D eigenvalue weighted by Crippen LogP contribution is -2.28. The lowest BCUT2D eigenvalue weighted by Gasteiger charge is -2.15. The summed E-state index contributed by atoms with van der Waals surface area (Å²) in [6.45, 7) is 4.37. The van der Waals surface area contributed by atoms with Gasteiger partial charge in [-0.15, -0.1) is 10.2 Å². The number of carbonyl (C=O) groups is 2. The van der Waals surface area contributed by atoms with Crippen LogP contribution in [0, 0.1) is 0 Å². The Balaban J connectivity index is 1.63. The summed E-state index contributed by atoms with van der Waals surface area (Å²) in [6.07, 6.45) is 0. The molecule has 3 aromatic rings. The number of amides is 2. The molecule has 0 aliphatic carbocycles. The van der Waals surface area contributed by atoms with Crippen LogP contribution in [-0.4, -0.2) is 46.6 Å². The molecule has 1 aromatic heterocycles. The molecule has 11 heteroatoms. The van der Waals surface area contributed by atoms with Gasteiger partial charge in [0.05, 0.1) is 31.7 Å². The molecule has 2 N–H and O–H groups in total. The highest BCUT2D eigenvalue weighted by Gasteiger charge is 2.20. The van der Waals surface area contributed by atoms with E-state index in [0.29, 0.717) is 45.3 Å². The number of hydrogen-bond acceptors (Lipinski definition) is 7. The van der Waals surface area contributed by atoms with E-state index in [9.17, 15) is 9.59 Å². The highest BCUT2D eigenvalue weighted by atomic mass is 35.5. The molecule has 0 aliphatic rings. The predicted molar refractivity (Wildman–Crippen MR) is 132 cm³/mol. The van der Waals surface area contributed by atoms with Gasteiger partial charge in [0, 0.05) is 17.1 Å². The smallest absolute Gasteiger partial charge is 0.251 e. The van der Waals surface area contributed by atoms with Crippen molar-refractivity contribution in [2.75, 3.05) is 25.3 Å². The second-order valence-electron chi connectivity index (χ2n) is 7.19. The Morgan fingerprint density at radius 3 is 2.50 bits per heavy atom. The molecule has 0 aliphatic heterocycles. The van der Waals surface area contributed by atoms with Crippen LogP contribution in [-0.2, 0) is 11.3 Å². The Labute approximate surface area is 207 Å². The second kappa shape index (κ2) is 11.8. The third-order valence-electron chi connectivity index (χ3n) is 4.92. The lowest BCUT2D eigenvalue weighted by atomic mass is 10.2. The number of methoxy groups -OCH3 is 2. The minimum Gasteiger partial charge on any atom is -0.497 e. The molecule has 0 bridgehead atoms. The Kier molecular flexibility index (Phi) is 8.78. The van der Waals surface area contributed by atoms with Crippen LogP contribution in [0.15, 0.2) is 47.6 Å². The summed E-state index contributed by atoms with van der Waals surface area (Å²) in [5, 5.41) is 15.3. The molecule has 0 spiro atoms. The Bertz CT molecular complexity index is 1150. The molecule has 1 unspecified atom stereocenters. The van der Waals surface area contributed by atoms with E-state index in [4.69, 9.17) is 21.1 Å². The first-order chi connectivity index (χ1) is 16.4. The van der Waals surface area contributed by atoms with E-state index in [0.717, 1.165) is 0 Å². The Morgan fingerprint density at radius 1 is 1.12 bits per heavy atom. The van der Waals surface area contributed by atoms with Crippen molar-refractivity contribution in [3.05, 3.63) is 58.9 Å². The molecule has 180 valence electrons. The number of rotatable bonds is 10. The zero-order chi connectivity index (χ0) is 24.7. The van der Waals surface area contributed by atoms with E-state index in [1.165, 1.54) is 18.9 Å². The number of benzene rings is 2. The third kappa shape index (κ3) is 6.21. The fourth-order valence-electron chi connectivity index (χ4n) is 3.21. The van der Waals surface area contributed by atoms with Gasteiger partial charge in [0.1, 0.15) is 11.5 Å². The first-order valence-electron chi connectivity index (χ1n) is 10.5. The van der Waals surface area contributed by atoms with E-state index in [1.807, 2.05) is 18.4 Å². The summed E-state index contributed by atoms with van der Waals surface area (Å²) >= 11 is 7.27. The van der Waals surface area contributed by atoms with Gasteiger partial charge in [-0.05, 0) is 56.3 Å². The zero-order valence-electron chi connectivity index (χ0n) is 19.3. The number of nitrogens with zero attached hydrogens (tertiary/aromatic N) is 3. The number of ether oxygens (including phenoxy) is 2. The number of thioether (sulfide) groups is 1. The largest absolute Gasteiger partial charge is 0.497 e. The molecule has 0 saturated heterocycles. The normalized spacial score (nSPS) is 11.6. The quantitative estimate of drug-likeness (QED) is 0.399. The van der Waals surface area contributed by atoms with Crippen molar-refractivity contribution in [3.8, 4) is 11.5 Å². The molecule has 0 fully saturated rings. The Morgan fingerprint density at radius 2 is 1.85 bits per heavy atom. The molecule has 0 radical (unpaired) electrons. The van der Waals surface area contributed by atoms with Gasteiger partial charge < -0.3 is 24.7 Å². The van der Waals surface area contributed by atoms with Gasteiger partial charge >= 0.3 is 0 Å². The molecular weight excluding hydrogens is 478 g/mol. The SMILES string of the molecule is CCn1c(SCC(=O)Nc2cc(Cl)ccc2OC)nnc1C(C)NC(=O)c1ccc(OC)cc1. The highest BCUT2D eigenvalue weighted by Crippen LogP contribution is 2.28. The maximum atomic E-state index is 12.6. The first kappa shape index (κ1) is 25.4. The zero-order valence-corrected chi connectivity index (χ0v) is 20.9. The monoisotopic (exact) mass is 503 g/mol. The molecule has 1 heterocycles. The van der Waals surface area contributed by atoms with Crippen molar-refractivity contribution in [2.24, 2.45) is 0 Å². The van der Waals surface area contributed by atoms with E-state index >= 15 is 0 Å². The number of aromatic nitrogens is 3. The highest BCUT2D eigenvalue weighted by molar-refractivity contribution is 7.99. The summed E-state index contributed by atoms with van der Waals surface area (Å²) in [6, 6.07) is 11.5. The minimum absolute atomic E-state index is 0.111. The van der Waals surface area contributed by atoms with Crippen molar-refractivity contribution in [1.82, 2.24) is 20.1 Å². The van der Waals surface area contributed by atoms with Crippen LogP contribution in [0.2, 0.25) is 5.02 Å². The topological polar surface area (TPSA) is 107 Å². The molecule has 0 saturated carbocycles. The van der Waals surface area contributed by atoms with Gasteiger partial charge in [-0.1, -0.05) is 23.4 Å². The number of anilines is 1. The number of nitrogens with one attached hydrogen (secondary N) is 2. The second-order valence-corrected chi connectivity index (χ2v) is 8.57. The van der Waals surface area contributed by atoms with E-state index in [-0.39, 0.29) is 23.6 Å². The van der Waals surface area contributed by atoms with Crippen molar-refractivity contribution in [2.45, 2.75) is 31.6 Å². The third-order valence-corrected chi connectivity index (χ3v) is 6.12. The van der Waals surface area contributed by atoms with Crippen molar-refractivity contribution in [1.29, 1.82) is 0 Å². The number of halogens is 1. The van der Waals surface area contributed by atoms with E-state index in [2.05, 4.69) is 20.8 Å². The average molecular weight is 504 g/mol. The summed E-state index contributed by atoms with van der Waals surface area (Å²) < 4.78 is 12.3. The number of hydrogen-bond donors (Lipinski definition) is 2. The van der Waals surface area contributed by atoms with Crippen LogP contribution in [0.5, 0.6) is 11.5 Å². The fraction of sp³-hybridized carbons (Fsp3) is 0.304. The van der Waals surface area contributed by atoms with Crippen LogP contribution in [0.1, 0.15) is 36.1 Å². The summed E-state index contributed by atoms with van der Waals surface area (Å²) in [4.78, 5) is 25.1. The van der Waals surface area contributed by atoms with Crippen molar-refractivity contribution >= 4 is 40.9 Å². The summed E-state index contributed by atoms with van der Waals surface area (Å²) in [5.74, 6) is 1.44. The molecule has 9 nitrogen and oxygen atoms in total. The van der Waals surface area contributed by atoms with E-state index < -0.39 is 0 Å². The fourth-order valence-corrected chi connectivity index (χ4v) is 4.19.